The fourth-order valence-electron chi connectivity index (χ4n) is 3.68. The quantitative estimate of drug-likeness (QED) is 0.125. The van der Waals surface area contributed by atoms with Gasteiger partial charge in [0.1, 0.15) is 0 Å². The molecule has 0 radical (unpaired) electrons. The molecular formula is C24H28N4O7. The van der Waals surface area contributed by atoms with Crippen LogP contribution in [0.15, 0.2) is 36.5 Å². The van der Waals surface area contributed by atoms with Crippen LogP contribution >= 0.6 is 0 Å². The molecule has 11 heteroatoms. The molecule has 3 rings (SSSR count). The highest BCUT2D eigenvalue weighted by Gasteiger charge is 2.23. The van der Waals surface area contributed by atoms with Gasteiger partial charge in [-0.1, -0.05) is 0 Å². The molecule has 3 aromatic rings. The van der Waals surface area contributed by atoms with Crippen molar-refractivity contribution in [3.05, 3.63) is 69.3 Å². The van der Waals surface area contributed by atoms with Gasteiger partial charge in [-0.05, 0) is 45.4 Å². The Balaban J connectivity index is 1.81. The molecule has 0 fully saturated rings. The number of benzene rings is 1. The zero-order valence-electron chi connectivity index (χ0n) is 20.1. The molecule has 0 aliphatic heterocycles. The molecule has 0 saturated heterocycles. The molecule has 0 atom stereocenters. The summed E-state index contributed by atoms with van der Waals surface area (Å²) >= 11 is 0. The van der Waals surface area contributed by atoms with Crippen molar-refractivity contribution in [1.29, 1.82) is 0 Å². The average molecular weight is 485 g/mol. The van der Waals surface area contributed by atoms with Crippen LogP contribution in [-0.2, 0) is 16.0 Å². The number of ether oxygens (including phenoxy) is 3. The van der Waals surface area contributed by atoms with Crippen molar-refractivity contribution in [1.82, 2.24) is 14.3 Å². The van der Waals surface area contributed by atoms with Crippen LogP contribution in [0.25, 0.3) is 5.69 Å². The number of rotatable bonds is 12. The maximum Gasteiger partial charge on any atom is 0.362 e. The van der Waals surface area contributed by atoms with E-state index in [-0.39, 0.29) is 36.1 Å². The maximum atomic E-state index is 12.9. The molecule has 0 spiro atoms. The summed E-state index contributed by atoms with van der Waals surface area (Å²) in [5, 5.41) is 15.1. The number of aryl methyl sites for hydroxylation is 1. The van der Waals surface area contributed by atoms with Gasteiger partial charge in [0.2, 0.25) is 11.5 Å². The SMILES string of the molecule is CCOC(=O)c1nn(-c2ccc([N+](=O)[O-])cc2)cc1OCC(=O)c1cc(C)n(CCCOC)c1C. The van der Waals surface area contributed by atoms with Gasteiger partial charge in [-0.25, -0.2) is 9.48 Å². The van der Waals surface area contributed by atoms with Crippen molar-refractivity contribution in [2.24, 2.45) is 0 Å². The van der Waals surface area contributed by atoms with E-state index in [0.29, 0.717) is 17.9 Å². The van der Waals surface area contributed by atoms with Gasteiger partial charge in [-0.15, -0.1) is 0 Å². The number of nitro groups is 1. The normalized spacial score (nSPS) is 10.9. The maximum absolute atomic E-state index is 12.9. The van der Waals surface area contributed by atoms with E-state index in [1.165, 1.54) is 35.1 Å². The van der Waals surface area contributed by atoms with E-state index < -0.39 is 10.9 Å². The number of hydrogen-bond acceptors (Lipinski definition) is 8. The van der Waals surface area contributed by atoms with Gasteiger partial charge in [0.15, 0.2) is 12.4 Å². The third-order valence-corrected chi connectivity index (χ3v) is 5.44. The first-order valence-electron chi connectivity index (χ1n) is 11.1. The lowest BCUT2D eigenvalue weighted by Crippen LogP contribution is -2.15. The van der Waals surface area contributed by atoms with Crippen molar-refractivity contribution >= 4 is 17.4 Å². The second-order valence-electron chi connectivity index (χ2n) is 7.78. The molecule has 11 nitrogen and oxygen atoms in total. The molecule has 2 aromatic heterocycles. The lowest BCUT2D eigenvalue weighted by Gasteiger charge is -2.09. The predicted octanol–water partition coefficient (Wildman–Crippen LogP) is 3.67. The van der Waals surface area contributed by atoms with E-state index in [4.69, 9.17) is 14.2 Å². The number of hydrogen-bond donors (Lipinski definition) is 0. The lowest BCUT2D eigenvalue weighted by atomic mass is 10.1. The minimum absolute atomic E-state index is 0.0732. The molecule has 0 amide bonds. The van der Waals surface area contributed by atoms with Crippen LogP contribution in [0.5, 0.6) is 5.75 Å². The molecule has 0 saturated carbocycles. The molecule has 186 valence electrons. The van der Waals surface area contributed by atoms with Gasteiger partial charge in [0.05, 0.1) is 23.4 Å². The highest BCUT2D eigenvalue weighted by atomic mass is 16.6. The van der Waals surface area contributed by atoms with Crippen molar-refractivity contribution in [3.63, 3.8) is 0 Å². The zero-order valence-corrected chi connectivity index (χ0v) is 20.1. The summed E-state index contributed by atoms with van der Waals surface area (Å²) in [5.41, 5.74) is 2.64. The van der Waals surface area contributed by atoms with Crippen LogP contribution in [-0.4, -0.2) is 58.0 Å². The van der Waals surface area contributed by atoms with E-state index in [1.807, 2.05) is 19.9 Å². The Morgan fingerprint density at radius 3 is 2.51 bits per heavy atom. The summed E-state index contributed by atoms with van der Waals surface area (Å²) < 4.78 is 19.3. The highest BCUT2D eigenvalue weighted by Crippen LogP contribution is 2.23. The third-order valence-electron chi connectivity index (χ3n) is 5.44. The molecule has 2 heterocycles. The number of ketones is 1. The smallest absolute Gasteiger partial charge is 0.362 e. The second kappa shape index (κ2) is 11.4. The zero-order chi connectivity index (χ0) is 25.5. The monoisotopic (exact) mass is 484 g/mol. The van der Waals surface area contributed by atoms with E-state index in [1.54, 1.807) is 14.0 Å². The first kappa shape index (κ1) is 25.6. The third kappa shape index (κ3) is 5.93. The van der Waals surface area contributed by atoms with E-state index in [9.17, 15) is 19.7 Å². The average Bonchev–Trinajstić information content (AvgIpc) is 3.39. The fraction of sp³-hybridized carbons (Fsp3) is 0.375. The van der Waals surface area contributed by atoms with Gasteiger partial charge in [-0.3, -0.25) is 14.9 Å². The van der Waals surface area contributed by atoms with Crippen molar-refractivity contribution in [2.45, 2.75) is 33.7 Å². The standard InChI is InChI=1S/C24H28N4O7/c1-5-34-24(30)23-22(14-27(25-23)18-7-9-19(10-8-18)28(31)32)35-15-21(29)20-13-16(2)26(17(20)3)11-6-12-33-4/h7-10,13-14H,5-6,11-12,15H2,1-4H3. The van der Waals surface area contributed by atoms with Crippen LogP contribution in [0.4, 0.5) is 5.69 Å². The summed E-state index contributed by atoms with van der Waals surface area (Å²) in [5.74, 6) is -0.870. The Kier molecular flexibility index (Phi) is 8.37. The first-order valence-corrected chi connectivity index (χ1v) is 11.1. The van der Waals surface area contributed by atoms with E-state index >= 15 is 0 Å². The fourth-order valence-corrected chi connectivity index (χ4v) is 3.68. The molecule has 0 bridgehead atoms. The summed E-state index contributed by atoms with van der Waals surface area (Å²) in [4.78, 5) is 35.8. The van der Waals surface area contributed by atoms with Crippen molar-refractivity contribution in [3.8, 4) is 11.4 Å². The van der Waals surface area contributed by atoms with Gasteiger partial charge >= 0.3 is 5.97 Å². The predicted molar refractivity (Wildman–Crippen MR) is 126 cm³/mol. The van der Waals surface area contributed by atoms with Crippen molar-refractivity contribution < 1.29 is 28.7 Å². The van der Waals surface area contributed by atoms with Crippen LogP contribution in [0, 0.1) is 24.0 Å². The van der Waals surface area contributed by atoms with Crippen LogP contribution in [0.1, 0.15) is 45.6 Å². The summed E-state index contributed by atoms with van der Waals surface area (Å²) in [7, 11) is 1.65. The molecule has 35 heavy (non-hydrogen) atoms. The number of methoxy groups -OCH3 is 1. The summed E-state index contributed by atoms with van der Waals surface area (Å²) in [6.45, 7) is 6.66. The Labute approximate surface area is 202 Å². The largest absolute Gasteiger partial charge is 0.481 e. The van der Waals surface area contributed by atoms with Gasteiger partial charge in [-0.2, -0.15) is 5.10 Å². The van der Waals surface area contributed by atoms with E-state index in [0.717, 1.165) is 24.4 Å². The number of Topliss-reactive ketones (excluding diaryl/α,β-unsaturated/α-hetero) is 1. The van der Waals surface area contributed by atoms with Gasteiger partial charge in [0.25, 0.3) is 5.69 Å². The first-order chi connectivity index (χ1) is 16.8. The van der Waals surface area contributed by atoms with E-state index in [2.05, 4.69) is 9.67 Å². The Bertz CT molecular complexity index is 1210. The topological polar surface area (TPSA) is 128 Å². The number of carbonyl (C=O) groups is 2. The second-order valence-corrected chi connectivity index (χ2v) is 7.78. The molecule has 1 aromatic carbocycles. The molecule has 0 unspecified atom stereocenters. The Hall–Kier alpha value is -3.99. The van der Waals surface area contributed by atoms with Crippen LogP contribution < -0.4 is 4.74 Å². The minimum Gasteiger partial charge on any atom is -0.481 e. The number of nitrogens with zero attached hydrogens (tertiary/aromatic N) is 4. The summed E-state index contributed by atoms with van der Waals surface area (Å²) in [6.07, 6.45) is 2.26. The van der Waals surface area contributed by atoms with Gasteiger partial charge in [0, 0.05) is 49.3 Å². The summed E-state index contributed by atoms with van der Waals surface area (Å²) in [6, 6.07) is 7.46. The Morgan fingerprint density at radius 1 is 1.17 bits per heavy atom. The van der Waals surface area contributed by atoms with Crippen LogP contribution in [0.3, 0.4) is 0 Å². The van der Waals surface area contributed by atoms with Gasteiger partial charge < -0.3 is 18.8 Å². The number of non-ortho nitro benzene ring substituents is 1. The molecule has 0 N–H and O–H groups in total. The van der Waals surface area contributed by atoms with Crippen LogP contribution in [0.2, 0.25) is 0 Å². The lowest BCUT2D eigenvalue weighted by molar-refractivity contribution is -0.384. The Morgan fingerprint density at radius 2 is 1.89 bits per heavy atom. The number of esters is 1. The molecular weight excluding hydrogens is 456 g/mol. The molecule has 0 aliphatic carbocycles. The molecule has 0 aliphatic rings. The highest BCUT2D eigenvalue weighted by molar-refractivity contribution is 5.99. The van der Waals surface area contributed by atoms with Crippen molar-refractivity contribution in [2.75, 3.05) is 26.9 Å². The number of aromatic nitrogens is 3. The minimum atomic E-state index is -0.702. The number of carbonyl (C=O) groups excluding carboxylic acids is 2. The number of nitro benzene ring substituents is 1.